The van der Waals surface area contributed by atoms with Crippen molar-refractivity contribution in [3.8, 4) is 11.3 Å². The molecule has 1 aromatic carbocycles. The number of nitrogens with one attached hydrogen (secondary N) is 1. The Morgan fingerprint density at radius 1 is 1.19 bits per heavy atom. The fourth-order valence-corrected chi connectivity index (χ4v) is 3.70. The van der Waals surface area contributed by atoms with Crippen LogP contribution >= 0.6 is 11.6 Å². The van der Waals surface area contributed by atoms with E-state index in [2.05, 4.69) is 33.9 Å². The maximum atomic E-state index is 13.3. The van der Waals surface area contributed by atoms with Crippen LogP contribution in [0.5, 0.6) is 0 Å². The van der Waals surface area contributed by atoms with E-state index in [-0.39, 0.29) is 5.91 Å². The average Bonchev–Trinajstić information content (AvgIpc) is 3.21. The maximum Gasteiger partial charge on any atom is 0.254 e. The molecule has 3 aromatic rings. The van der Waals surface area contributed by atoms with Crippen molar-refractivity contribution in [2.45, 2.75) is 19.9 Å². The molecule has 0 spiro atoms. The summed E-state index contributed by atoms with van der Waals surface area (Å²) in [5, 5.41) is 8.18. The number of rotatable bonds is 3. The van der Waals surface area contributed by atoms with E-state index in [4.69, 9.17) is 11.6 Å². The summed E-state index contributed by atoms with van der Waals surface area (Å²) in [6, 6.07) is 7.82. The normalized spacial score (nSPS) is 15.6. The van der Waals surface area contributed by atoms with E-state index in [1.807, 2.05) is 23.1 Å². The van der Waals surface area contributed by atoms with Gasteiger partial charge in [-0.05, 0) is 38.1 Å². The number of piperazine rings is 1. The predicted octanol–water partition coefficient (Wildman–Crippen LogP) is 3.44. The lowest BCUT2D eigenvalue weighted by Crippen LogP contribution is -2.50. The fraction of sp³-hybridized carbons (Fsp3) is 0.350. The molecule has 1 aliphatic heterocycles. The Kier molecular flexibility index (Phi) is 4.85. The lowest BCUT2D eigenvalue weighted by molar-refractivity contribution is 0.0597. The second-order valence-corrected chi connectivity index (χ2v) is 7.56. The number of amides is 1. The number of nitrogens with zero attached hydrogens (tertiary/aromatic N) is 4. The van der Waals surface area contributed by atoms with E-state index in [0.717, 1.165) is 48.3 Å². The number of benzene rings is 1. The molecule has 0 bridgehead atoms. The maximum absolute atomic E-state index is 13.3. The van der Waals surface area contributed by atoms with Crippen LogP contribution in [0.3, 0.4) is 0 Å². The van der Waals surface area contributed by atoms with Crippen LogP contribution in [-0.2, 0) is 0 Å². The number of aromatic nitrogens is 3. The van der Waals surface area contributed by atoms with Crippen LogP contribution in [0.4, 0.5) is 0 Å². The molecule has 0 aliphatic carbocycles. The number of hydrogen-bond acceptors (Lipinski definition) is 4. The summed E-state index contributed by atoms with van der Waals surface area (Å²) in [6.07, 6.45) is 3.49. The van der Waals surface area contributed by atoms with Gasteiger partial charge in [-0.3, -0.25) is 14.8 Å². The zero-order chi connectivity index (χ0) is 19.0. The summed E-state index contributed by atoms with van der Waals surface area (Å²) in [4.78, 5) is 22.3. The van der Waals surface area contributed by atoms with E-state index in [1.165, 1.54) is 0 Å². The van der Waals surface area contributed by atoms with Gasteiger partial charge < -0.3 is 4.90 Å². The first-order valence-electron chi connectivity index (χ1n) is 9.15. The molecular formula is C20H22ClN5O. The third-order valence-electron chi connectivity index (χ3n) is 5.13. The van der Waals surface area contributed by atoms with Crippen molar-refractivity contribution < 1.29 is 4.79 Å². The van der Waals surface area contributed by atoms with Crippen LogP contribution in [0.1, 0.15) is 24.2 Å². The predicted molar refractivity (Wildman–Crippen MR) is 107 cm³/mol. The molecule has 2 aromatic heterocycles. The summed E-state index contributed by atoms with van der Waals surface area (Å²) in [5.41, 5.74) is 2.97. The first-order valence-corrected chi connectivity index (χ1v) is 9.53. The van der Waals surface area contributed by atoms with Gasteiger partial charge in [0.2, 0.25) is 0 Å². The second-order valence-electron chi connectivity index (χ2n) is 7.13. The number of pyridine rings is 1. The Balaban J connectivity index is 1.73. The molecule has 0 atom stereocenters. The Morgan fingerprint density at radius 2 is 1.96 bits per heavy atom. The van der Waals surface area contributed by atoms with E-state index in [1.54, 1.807) is 18.5 Å². The van der Waals surface area contributed by atoms with Gasteiger partial charge in [0.15, 0.2) is 0 Å². The summed E-state index contributed by atoms with van der Waals surface area (Å²) < 4.78 is 0. The molecular weight excluding hydrogens is 362 g/mol. The van der Waals surface area contributed by atoms with Crippen molar-refractivity contribution in [2.24, 2.45) is 0 Å². The second kappa shape index (κ2) is 7.29. The van der Waals surface area contributed by atoms with Gasteiger partial charge >= 0.3 is 0 Å². The van der Waals surface area contributed by atoms with Gasteiger partial charge in [0.25, 0.3) is 5.91 Å². The van der Waals surface area contributed by atoms with Crippen molar-refractivity contribution >= 4 is 28.4 Å². The van der Waals surface area contributed by atoms with Crippen LogP contribution in [-0.4, -0.2) is 63.1 Å². The summed E-state index contributed by atoms with van der Waals surface area (Å²) in [5.74, 6) is 0.0258. The van der Waals surface area contributed by atoms with Crippen molar-refractivity contribution in [3.63, 3.8) is 0 Å². The number of H-pyrrole nitrogens is 1. The SMILES string of the molecule is CC(C)N1CCN(C(=O)c2cc(-c3cn[nH]c3)nc3ccc(Cl)cc23)CC1. The summed E-state index contributed by atoms with van der Waals surface area (Å²) >= 11 is 6.20. The largest absolute Gasteiger partial charge is 0.336 e. The lowest BCUT2D eigenvalue weighted by atomic mass is 10.0. The quantitative estimate of drug-likeness (QED) is 0.752. The van der Waals surface area contributed by atoms with Crippen LogP contribution in [0.2, 0.25) is 5.02 Å². The highest BCUT2D eigenvalue weighted by atomic mass is 35.5. The number of halogens is 1. The zero-order valence-electron chi connectivity index (χ0n) is 15.4. The van der Waals surface area contributed by atoms with Gasteiger partial charge in [-0.25, -0.2) is 4.98 Å². The third kappa shape index (κ3) is 3.55. The molecule has 7 heteroatoms. The Labute approximate surface area is 163 Å². The summed E-state index contributed by atoms with van der Waals surface area (Å²) in [6.45, 7) is 7.61. The highest BCUT2D eigenvalue weighted by molar-refractivity contribution is 6.31. The Morgan fingerprint density at radius 3 is 2.63 bits per heavy atom. The van der Waals surface area contributed by atoms with Gasteiger partial charge in [-0.1, -0.05) is 11.6 Å². The van der Waals surface area contributed by atoms with Crippen LogP contribution in [0.15, 0.2) is 36.7 Å². The molecule has 0 saturated carbocycles. The summed E-state index contributed by atoms with van der Waals surface area (Å²) in [7, 11) is 0. The minimum atomic E-state index is 0.0258. The average molecular weight is 384 g/mol. The molecule has 3 heterocycles. The van der Waals surface area contributed by atoms with Crippen molar-refractivity contribution in [1.29, 1.82) is 0 Å². The van der Waals surface area contributed by atoms with Gasteiger partial charge in [-0.15, -0.1) is 0 Å². The Hall–Kier alpha value is -2.44. The highest BCUT2D eigenvalue weighted by Crippen LogP contribution is 2.28. The molecule has 1 amide bonds. The monoisotopic (exact) mass is 383 g/mol. The van der Waals surface area contributed by atoms with Crippen LogP contribution in [0.25, 0.3) is 22.2 Å². The number of fused-ring (bicyclic) bond motifs is 1. The van der Waals surface area contributed by atoms with E-state index >= 15 is 0 Å². The van der Waals surface area contributed by atoms with E-state index < -0.39 is 0 Å². The molecule has 6 nitrogen and oxygen atoms in total. The highest BCUT2D eigenvalue weighted by Gasteiger charge is 2.25. The molecule has 1 aliphatic rings. The molecule has 1 fully saturated rings. The number of carbonyl (C=O) groups excluding carboxylic acids is 1. The molecule has 140 valence electrons. The molecule has 0 radical (unpaired) electrons. The first-order chi connectivity index (χ1) is 13.0. The molecule has 1 saturated heterocycles. The van der Waals surface area contributed by atoms with Gasteiger partial charge in [0.05, 0.1) is 23.0 Å². The fourth-order valence-electron chi connectivity index (χ4n) is 3.53. The number of aromatic amines is 1. The zero-order valence-corrected chi connectivity index (χ0v) is 16.2. The molecule has 0 unspecified atom stereocenters. The Bertz CT molecular complexity index is 962. The molecule has 4 rings (SSSR count). The number of hydrogen-bond donors (Lipinski definition) is 1. The van der Waals surface area contributed by atoms with Crippen LogP contribution in [0, 0.1) is 0 Å². The van der Waals surface area contributed by atoms with Crippen LogP contribution < -0.4 is 0 Å². The topological polar surface area (TPSA) is 65.1 Å². The molecule has 1 N–H and O–H groups in total. The van der Waals surface area contributed by atoms with E-state index in [0.29, 0.717) is 16.6 Å². The van der Waals surface area contributed by atoms with Gasteiger partial charge in [-0.2, -0.15) is 5.10 Å². The lowest BCUT2D eigenvalue weighted by Gasteiger charge is -2.37. The van der Waals surface area contributed by atoms with Crippen molar-refractivity contribution in [2.75, 3.05) is 26.2 Å². The van der Waals surface area contributed by atoms with Crippen molar-refractivity contribution in [1.82, 2.24) is 25.0 Å². The van der Waals surface area contributed by atoms with Gasteiger partial charge in [0, 0.05) is 54.4 Å². The van der Waals surface area contributed by atoms with E-state index in [9.17, 15) is 4.79 Å². The number of carbonyl (C=O) groups is 1. The van der Waals surface area contributed by atoms with Crippen molar-refractivity contribution in [3.05, 3.63) is 47.2 Å². The third-order valence-corrected chi connectivity index (χ3v) is 5.36. The smallest absolute Gasteiger partial charge is 0.254 e. The minimum Gasteiger partial charge on any atom is -0.336 e. The molecule has 27 heavy (non-hydrogen) atoms. The standard InChI is InChI=1S/C20H22ClN5O/c1-13(2)25-5-7-26(8-6-25)20(27)17-10-19(14-11-22-23-12-14)24-18-4-3-15(21)9-16(17)18/h3-4,9-13H,5-8H2,1-2H3,(H,22,23). The van der Waals surface area contributed by atoms with Gasteiger partial charge in [0.1, 0.15) is 0 Å². The first kappa shape index (κ1) is 17.9. The minimum absolute atomic E-state index is 0.0258.